The van der Waals surface area contributed by atoms with E-state index < -0.39 is 23.8 Å². The van der Waals surface area contributed by atoms with Gasteiger partial charge in [-0.3, -0.25) is 9.59 Å². The fourth-order valence-electron chi connectivity index (χ4n) is 2.30. The molecule has 1 saturated carbocycles. The smallest absolute Gasteiger partial charge is 0.326 e. The summed E-state index contributed by atoms with van der Waals surface area (Å²) in [6.45, 7) is 4.91. The van der Waals surface area contributed by atoms with Gasteiger partial charge in [0.2, 0.25) is 0 Å². The van der Waals surface area contributed by atoms with Crippen molar-refractivity contribution >= 4 is 17.8 Å². The van der Waals surface area contributed by atoms with Crippen LogP contribution in [0, 0.1) is 11.8 Å². The third-order valence-corrected chi connectivity index (χ3v) is 3.90. The Bertz CT molecular complexity index is 396. The summed E-state index contributed by atoms with van der Waals surface area (Å²) >= 11 is 0. The number of hydrogen-bond acceptors (Lipinski definition) is 3. The zero-order valence-corrected chi connectivity index (χ0v) is 10.6. The zero-order chi connectivity index (χ0) is 13.4. The Hall–Kier alpha value is -1.59. The van der Waals surface area contributed by atoms with E-state index in [0.717, 1.165) is 11.3 Å². The van der Waals surface area contributed by atoms with Crippen molar-refractivity contribution < 1.29 is 19.5 Å². The van der Waals surface area contributed by atoms with Gasteiger partial charge < -0.3 is 14.9 Å². The Morgan fingerprint density at radius 3 is 2.50 bits per heavy atom. The molecule has 6 nitrogen and oxygen atoms in total. The molecular formula is C12H18N2O4. The van der Waals surface area contributed by atoms with E-state index in [1.54, 1.807) is 4.90 Å². The van der Waals surface area contributed by atoms with Crippen LogP contribution in [0.3, 0.4) is 0 Å². The molecule has 2 amide bonds. The van der Waals surface area contributed by atoms with Gasteiger partial charge in [0, 0.05) is 19.6 Å². The van der Waals surface area contributed by atoms with Crippen LogP contribution in [0.5, 0.6) is 0 Å². The summed E-state index contributed by atoms with van der Waals surface area (Å²) < 4.78 is 0. The summed E-state index contributed by atoms with van der Waals surface area (Å²) in [4.78, 5) is 37.2. The van der Waals surface area contributed by atoms with Gasteiger partial charge in [-0.25, -0.2) is 4.79 Å². The summed E-state index contributed by atoms with van der Waals surface area (Å²) in [5.74, 6) is -1.20. The average molecular weight is 254 g/mol. The minimum Gasteiger partial charge on any atom is -0.480 e. The van der Waals surface area contributed by atoms with Crippen LogP contribution in [0.1, 0.15) is 20.3 Å². The maximum Gasteiger partial charge on any atom is 0.326 e. The fourth-order valence-corrected chi connectivity index (χ4v) is 2.30. The topological polar surface area (TPSA) is 77.9 Å². The van der Waals surface area contributed by atoms with E-state index in [1.165, 1.54) is 6.92 Å². The first-order chi connectivity index (χ1) is 8.41. The molecule has 0 bridgehead atoms. The van der Waals surface area contributed by atoms with Crippen molar-refractivity contribution in [2.75, 3.05) is 19.6 Å². The SMILES string of the molecule is CC1CC1CN1CCN([C@@H](C)C(=O)O)C(=O)C1=O. The van der Waals surface area contributed by atoms with Gasteiger partial charge in [0.25, 0.3) is 0 Å². The van der Waals surface area contributed by atoms with Crippen molar-refractivity contribution in [3.05, 3.63) is 0 Å². The lowest BCUT2D eigenvalue weighted by Gasteiger charge is -2.35. The van der Waals surface area contributed by atoms with Crippen LogP contribution in [-0.2, 0) is 14.4 Å². The number of carboxylic acid groups (broad SMARTS) is 1. The molecule has 2 unspecified atom stereocenters. The Labute approximate surface area is 106 Å². The first kappa shape index (κ1) is 12.9. The van der Waals surface area contributed by atoms with Crippen LogP contribution in [-0.4, -0.2) is 58.4 Å². The van der Waals surface area contributed by atoms with E-state index >= 15 is 0 Å². The largest absolute Gasteiger partial charge is 0.480 e. The number of rotatable bonds is 4. The highest BCUT2D eigenvalue weighted by atomic mass is 16.4. The van der Waals surface area contributed by atoms with Crippen LogP contribution >= 0.6 is 0 Å². The molecule has 1 aliphatic heterocycles. The molecule has 18 heavy (non-hydrogen) atoms. The first-order valence-electron chi connectivity index (χ1n) is 6.24. The van der Waals surface area contributed by atoms with Gasteiger partial charge in [-0.1, -0.05) is 6.92 Å². The third kappa shape index (κ3) is 2.32. The average Bonchev–Trinajstić information content (AvgIpc) is 3.00. The molecule has 0 aromatic carbocycles. The molecule has 2 aliphatic rings. The predicted molar refractivity (Wildman–Crippen MR) is 62.7 cm³/mol. The Kier molecular flexibility index (Phi) is 3.28. The summed E-state index contributed by atoms with van der Waals surface area (Å²) in [6.07, 6.45) is 1.10. The zero-order valence-electron chi connectivity index (χ0n) is 10.6. The number of hydrogen-bond donors (Lipinski definition) is 1. The van der Waals surface area contributed by atoms with Crippen molar-refractivity contribution in [2.24, 2.45) is 11.8 Å². The van der Waals surface area contributed by atoms with Crippen LogP contribution in [0.2, 0.25) is 0 Å². The van der Waals surface area contributed by atoms with E-state index in [-0.39, 0.29) is 0 Å². The molecule has 0 radical (unpaired) electrons. The van der Waals surface area contributed by atoms with E-state index in [2.05, 4.69) is 6.92 Å². The molecule has 1 heterocycles. The number of amides is 2. The Balaban J connectivity index is 1.97. The first-order valence-corrected chi connectivity index (χ1v) is 6.24. The predicted octanol–water partition coefficient (Wildman–Crippen LogP) is -0.214. The molecule has 6 heteroatoms. The second-order valence-electron chi connectivity index (χ2n) is 5.24. The van der Waals surface area contributed by atoms with E-state index in [9.17, 15) is 14.4 Å². The Morgan fingerprint density at radius 1 is 1.39 bits per heavy atom. The molecule has 0 aromatic rings. The van der Waals surface area contributed by atoms with Crippen LogP contribution in [0.4, 0.5) is 0 Å². The number of aliphatic carboxylic acids is 1. The molecule has 2 rings (SSSR count). The van der Waals surface area contributed by atoms with Gasteiger partial charge in [0.15, 0.2) is 0 Å². The lowest BCUT2D eigenvalue weighted by atomic mass is 10.2. The summed E-state index contributed by atoms with van der Waals surface area (Å²) in [5, 5.41) is 8.88. The monoisotopic (exact) mass is 254 g/mol. The van der Waals surface area contributed by atoms with Gasteiger partial charge in [0.05, 0.1) is 0 Å². The van der Waals surface area contributed by atoms with E-state index in [4.69, 9.17) is 5.11 Å². The van der Waals surface area contributed by atoms with Crippen molar-refractivity contribution in [3.8, 4) is 0 Å². The summed E-state index contributed by atoms with van der Waals surface area (Å²) in [5.41, 5.74) is 0. The number of piperazine rings is 1. The number of nitrogens with zero attached hydrogens (tertiary/aromatic N) is 2. The normalized spacial score (nSPS) is 29.4. The number of carboxylic acids is 1. The summed E-state index contributed by atoms with van der Waals surface area (Å²) in [6, 6.07) is -0.941. The van der Waals surface area contributed by atoms with Crippen LogP contribution < -0.4 is 0 Å². The van der Waals surface area contributed by atoms with Gasteiger partial charge in [-0.2, -0.15) is 0 Å². The van der Waals surface area contributed by atoms with Gasteiger partial charge in [-0.05, 0) is 25.2 Å². The molecule has 0 aromatic heterocycles. The van der Waals surface area contributed by atoms with Gasteiger partial charge >= 0.3 is 17.8 Å². The molecule has 0 spiro atoms. The number of carbonyl (C=O) groups excluding carboxylic acids is 2. The highest BCUT2D eigenvalue weighted by molar-refractivity contribution is 6.35. The highest BCUT2D eigenvalue weighted by Gasteiger charge is 2.41. The highest BCUT2D eigenvalue weighted by Crippen LogP contribution is 2.38. The lowest BCUT2D eigenvalue weighted by molar-refractivity contribution is -0.161. The summed E-state index contributed by atoms with van der Waals surface area (Å²) in [7, 11) is 0. The fraction of sp³-hybridized carbons (Fsp3) is 0.750. The van der Waals surface area contributed by atoms with Crippen LogP contribution in [0.15, 0.2) is 0 Å². The Morgan fingerprint density at radius 2 is 2.00 bits per heavy atom. The van der Waals surface area contributed by atoms with E-state index in [0.29, 0.717) is 31.5 Å². The molecule has 3 atom stereocenters. The second-order valence-corrected chi connectivity index (χ2v) is 5.24. The minimum atomic E-state index is -1.08. The molecule has 100 valence electrons. The number of carbonyl (C=O) groups is 3. The van der Waals surface area contributed by atoms with Gasteiger partial charge in [-0.15, -0.1) is 0 Å². The van der Waals surface area contributed by atoms with Crippen molar-refractivity contribution in [3.63, 3.8) is 0 Å². The molecule has 1 N–H and O–H groups in total. The van der Waals surface area contributed by atoms with E-state index in [1.807, 2.05) is 0 Å². The van der Waals surface area contributed by atoms with Crippen LogP contribution in [0.25, 0.3) is 0 Å². The van der Waals surface area contributed by atoms with Gasteiger partial charge in [0.1, 0.15) is 6.04 Å². The standard InChI is InChI=1S/C12H18N2O4/c1-7-5-9(7)6-13-3-4-14(8(2)12(17)18)11(16)10(13)15/h7-9H,3-6H2,1-2H3,(H,17,18)/t7?,8-,9?/m0/s1. The lowest BCUT2D eigenvalue weighted by Crippen LogP contribution is -2.58. The minimum absolute atomic E-state index is 0.305. The maximum absolute atomic E-state index is 11.9. The molecule has 1 aliphatic carbocycles. The van der Waals surface area contributed by atoms with Crippen molar-refractivity contribution in [1.29, 1.82) is 0 Å². The van der Waals surface area contributed by atoms with Crippen molar-refractivity contribution in [1.82, 2.24) is 9.80 Å². The third-order valence-electron chi connectivity index (χ3n) is 3.90. The van der Waals surface area contributed by atoms with Crippen molar-refractivity contribution in [2.45, 2.75) is 26.3 Å². The quantitative estimate of drug-likeness (QED) is 0.704. The second kappa shape index (κ2) is 4.59. The molecule has 2 fully saturated rings. The maximum atomic E-state index is 11.9. The molecule has 1 saturated heterocycles. The molecular weight excluding hydrogens is 236 g/mol.